The molecule has 0 aliphatic carbocycles. The number of aliphatic hydroxyl groups is 1. The van der Waals surface area contributed by atoms with E-state index in [9.17, 15) is 4.79 Å². The maximum Gasteiger partial charge on any atom is 0.246 e. The van der Waals surface area contributed by atoms with Gasteiger partial charge in [0.15, 0.2) is 0 Å². The van der Waals surface area contributed by atoms with Gasteiger partial charge in [0.1, 0.15) is 0 Å². The number of hydrogen-bond acceptors (Lipinski definition) is 2. The molecule has 0 spiro atoms. The number of aliphatic hydroxyl groups excluding tert-OH is 1. The van der Waals surface area contributed by atoms with Crippen LogP contribution >= 0.6 is 0 Å². The quantitative estimate of drug-likeness (QED) is 0.582. The number of amides is 1. The number of hydrogen-bond donors (Lipinski definition) is 2. The molecule has 0 saturated heterocycles. The summed E-state index contributed by atoms with van der Waals surface area (Å²) >= 11 is 0. The van der Waals surface area contributed by atoms with Crippen molar-refractivity contribution in [2.45, 2.75) is 20.3 Å². The molecule has 0 aromatic rings. The van der Waals surface area contributed by atoms with E-state index >= 15 is 0 Å². The zero-order valence-corrected chi connectivity index (χ0v) is 7.05. The Balaban J connectivity index is 3.80. The Hall–Kier alpha value is -0.830. The SMILES string of the molecule is CCNC(=O)C(C)=CCCO. The largest absolute Gasteiger partial charge is 0.396 e. The van der Waals surface area contributed by atoms with Gasteiger partial charge < -0.3 is 10.4 Å². The van der Waals surface area contributed by atoms with Crippen molar-refractivity contribution in [3.05, 3.63) is 11.6 Å². The fourth-order valence-corrected chi connectivity index (χ4v) is 0.674. The molecule has 2 N–H and O–H groups in total. The monoisotopic (exact) mass is 157 g/mol. The second-order valence-electron chi connectivity index (χ2n) is 2.26. The first-order valence-corrected chi connectivity index (χ1v) is 3.78. The van der Waals surface area contributed by atoms with Crippen molar-refractivity contribution in [1.29, 1.82) is 0 Å². The van der Waals surface area contributed by atoms with E-state index in [0.717, 1.165) is 0 Å². The minimum Gasteiger partial charge on any atom is -0.396 e. The predicted molar refractivity (Wildman–Crippen MR) is 44.1 cm³/mol. The van der Waals surface area contributed by atoms with Gasteiger partial charge in [-0.25, -0.2) is 0 Å². The number of carbonyl (C=O) groups is 1. The first-order chi connectivity index (χ1) is 5.22. The van der Waals surface area contributed by atoms with Crippen LogP contribution in [-0.4, -0.2) is 24.2 Å². The highest BCUT2D eigenvalue weighted by molar-refractivity contribution is 5.92. The minimum atomic E-state index is -0.0547. The highest BCUT2D eigenvalue weighted by Gasteiger charge is 1.99. The van der Waals surface area contributed by atoms with Crippen LogP contribution in [0.5, 0.6) is 0 Å². The molecule has 0 aliphatic rings. The van der Waals surface area contributed by atoms with Gasteiger partial charge in [0.2, 0.25) is 5.91 Å². The average molecular weight is 157 g/mol. The van der Waals surface area contributed by atoms with Gasteiger partial charge in [-0.3, -0.25) is 4.79 Å². The van der Waals surface area contributed by atoms with Gasteiger partial charge in [0.05, 0.1) is 0 Å². The molecule has 0 heterocycles. The molecule has 0 saturated carbocycles. The smallest absolute Gasteiger partial charge is 0.246 e. The van der Waals surface area contributed by atoms with Crippen LogP contribution in [0, 0.1) is 0 Å². The summed E-state index contributed by atoms with van der Waals surface area (Å²) in [5.74, 6) is -0.0547. The molecule has 64 valence electrons. The third-order valence-corrected chi connectivity index (χ3v) is 1.28. The van der Waals surface area contributed by atoms with Crippen molar-refractivity contribution in [1.82, 2.24) is 5.32 Å². The Bertz CT molecular complexity index is 152. The third kappa shape index (κ3) is 4.56. The Kier molecular flexibility index (Phi) is 5.47. The highest BCUT2D eigenvalue weighted by Crippen LogP contribution is 1.94. The molecule has 0 rings (SSSR count). The van der Waals surface area contributed by atoms with E-state index in [-0.39, 0.29) is 12.5 Å². The lowest BCUT2D eigenvalue weighted by molar-refractivity contribution is -0.117. The summed E-state index contributed by atoms with van der Waals surface area (Å²) in [6.07, 6.45) is 2.27. The van der Waals surface area contributed by atoms with Crippen LogP contribution in [0.1, 0.15) is 20.3 Å². The molecule has 0 aliphatic heterocycles. The van der Waals surface area contributed by atoms with E-state index < -0.39 is 0 Å². The van der Waals surface area contributed by atoms with E-state index in [1.165, 1.54) is 0 Å². The fraction of sp³-hybridized carbons (Fsp3) is 0.625. The maximum absolute atomic E-state index is 11.0. The van der Waals surface area contributed by atoms with E-state index in [0.29, 0.717) is 18.5 Å². The summed E-state index contributed by atoms with van der Waals surface area (Å²) in [5, 5.41) is 11.1. The molecule has 0 bridgehead atoms. The minimum absolute atomic E-state index is 0.0547. The van der Waals surface area contributed by atoms with Crippen LogP contribution in [0.2, 0.25) is 0 Å². The van der Waals surface area contributed by atoms with Crippen LogP contribution in [0.25, 0.3) is 0 Å². The fourth-order valence-electron chi connectivity index (χ4n) is 0.674. The third-order valence-electron chi connectivity index (χ3n) is 1.28. The van der Waals surface area contributed by atoms with Crippen molar-refractivity contribution in [3.8, 4) is 0 Å². The molecule has 1 amide bonds. The number of rotatable bonds is 4. The van der Waals surface area contributed by atoms with Gasteiger partial charge >= 0.3 is 0 Å². The van der Waals surface area contributed by atoms with Crippen LogP contribution < -0.4 is 5.32 Å². The number of nitrogens with one attached hydrogen (secondary N) is 1. The van der Waals surface area contributed by atoms with Gasteiger partial charge in [0, 0.05) is 18.7 Å². The van der Waals surface area contributed by atoms with Crippen molar-refractivity contribution >= 4 is 5.91 Å². The molecule has 3 nitrogen and oxygen atoms in total. The van der Waals surface area contributed by atoms with Gasteiger partial charge in [-0.1, -0.05) is 6.08 Å². The molecule has 0 atom stereocenters. The van der Waals surface area contributed by atoms with Gasteiger partial charge in [0.25, 0.3) is 0 Å². The van der Waals surface area contributed by atoms with Gasteiger partial charge in [-0.2, -0.15) is 0 Å². The van der Waals surface area contributed by atoms with Crippen molar-refractivity contribution < 1.29 is 9.90 Å². The molecule has 0 unspecified atom stereocenters. The van der Waals surface area contributed by atoms with Crippen molar-refractivity contribution in [3.63, 3.8) is 0 Å². The molecule has 0 aromatic heterocycles. The molecular weight excluding hydrogens is 142 g/mol. The topological polar surface area (TPSA) is 49.3 Å². The van der Waals surface area contributed by atoms with Crippen molar-refractivity contribution in [2.24, 2.45) is 0 Å². The normalized spacial score (nSPS) is 11.4. The predicted octanol–water partition coefficient (Wildman–Crippen LogP) is 0.451. The molecule has 0 radical (unpaired) electrons. The molecular formula is C8H15NO2. The standard InChI is InChI=1S/C8H15NO2/c1-3-9-8(11)7(2)5-4-6-10/h5,10H,3-4,6H2,1-2H3,(H,9,11). The molecule has 0 fully saturated rings. The van der Waals surface area contributed by atoms with E-state index in [1.807, 2.05) is 6.92 Å². The Morgan fingerprint density at radius 2 is 2.27 bits per heavy atom. The maximum atomic E-state index is 11.0. The second-order valence-corrected chi connectivity index (χ2v) is 2.26. The van der Waals surface area contributed by atoms with Crippen molar-refractivity contribution in [2.75, 3.05) is 13.2 Å². The second kappa shape index (κ2) is 5.92. The summed E-state index contributed by atoms with van der Waals surface area (Å²) < 4.78 is 0. The van der Waals surface area contributed by atoms with Crippen LogP contribution in [0.3, 0.4) is 0 Å². The summed E-state index contributed by atoms with van der Waals surface area (Å²) in [5.41, 5.74) is 0.668. The van der Waals surface area contributed by atoms with E-state index in [4.69, 9.17) is 5.11 Å². The first kappa shape index (κ1) is 10.2. The zero-order valence-electron chi connectivity index (χ0n) is 7.05. The summed E-state index contributed by atoms with van der Waals surface area (Å²) in [4.78, 5) is 11.0. The Labute approximate surface area is 67.1 Å². The highest BCUT2D eigenvalue weighted by atomic mass is 16.2. The Morgan fingerprint density at radius 1 is 1.64 bits per heavy atom. The lowest BCUT2D eigenvalue weighted by Crippen LogP contribution is -2.23. The Morgan fingerprint density at radius 3 is 2.73 bits per heavy atom. The lowest BCUT2D eigenvalue weighted by atomic mass is 10.2. The summed E-state index contributed by atoms with van der Waals surface area (Å²) in [7, 11) is 0. The molecule has 3 heteroatoms. The summed E-state index contributed by atoms with van der Waals surface area (Å²) in [6, 6.07) is 0. The summed E-state index contributed by atoms with van der Waals surface area (Å²) in [6.45, 7) is 4.34. The van der Waals surface area contributed by atoms with E-state index in [1.54, 1.807) is 13.0 Å². The number of carbonyl (C=O) groups excluding carboxylic acids is 1. The van der Waals surface area contributed by atoms with Crippen LogP contribution in [0.15, 0.2) is 11.6 Å². The first-order valence-electron chi connectivity index (χ1n) is 3.78. The van der Waals surface area contributed by atoms with Gasteiger partial charge in [-0.05, 0) is 20.3 Å². The molecule has 11 heavy (non-hydrogen) atoms. The molecule has 0 aromatic carbocycles. The zero-order chi connectivity index (χ0) is 8.69. The average Bonchev–Trinajstić information content (AvgIpc) is 2.00. The lowest BCUT2D eigenvalue weighted by Gasteiger charge is -2.00. The van der Waals surface area contributed by atoms with Crippen LogP contribution in [-0.2, 0) is 4.79 Å². The van der Waals surface area contributed by atoms with E-state index in [2.05, 4.69) is 5.32 Å². The van der Waals surface area contributed by atoms with Gasteiger partial charge in [-0.15, -0.1) is 0 Å². The number of likely N-dealkylation sites (N-methyl/N-ethyl adjacent to an activating group) is 1. The van der Waals surface area contributed by atoms with Crippen LogP contribution in [0.4, 0.5) is 0 Å².